The van der Waals surface area contributed by atoms with Crippen molar-refractivity contribution in [1.82, 2.24) is 0 Å². The van der Waals surface area contributed by atoms with E-state index in [1.54, 1.807) is 6.07 Å². The van der Waals surface area contributed by atoms with Crippen LogP contribution < -0.4 is 5.73 Å². The zero-order chi connectivity index (χ0) is 10.1. The molecule has 13 heavy (non-hydrogen) atoms. The Bertz CT molecular complexity index is 439. The summed E-state index contributed by atoms with van der Waals surface area (Å²) in [6.45, 7) is 0. The van der Waals surface area contributed by atoms with Gasteiger partial charge in [-0.25, -0.2) is 0 Å². The van der Waals surface area contributed by atoms with E-state index in [4.69, 9.17) is 10.3 Å². The minimum atomic E-state index is -4.25. The lowest BCUT2D eigenvalue weighted by Gasteiger charge is -2.03. The summed E-state index contributed by atoms with van der Waals surface area (Å²) in [6, 6.07) is 5.74. The van der Waals surface area contributed by atoms with Gasteiger partial charge in [0.2, 0.25) is 0 Å². The second kappa shape index (κ2) is 3.41. The molecule has 0 fully saturated rings. The van der Waals surface area contributed by atoms with Gasteiger partial charge in [-0.1, -0.05) is 30.4 Å². The highest BCUT2D eigenvalue weighted by Crippen LogP contribution is 2.14. The molecule has 0 radical (unpaired) electrons. The van der Waals surface area contributed by atoms with Crippen LogP contribution in [0.2, 0.25) is 0 Å². The van der Waals surface area contributed by atoms with Crippen molar-refractivity contribution < 1.29 is 13.0 Å². The van der Waals surface area contributed by atoms with Gasteiger partial charge in [0.15, 0.2) is 0 Å². The fourth-order valence-corrected chi connectivity index (χ4v) is 1.84. The standard InChI is InChI=1S/C7H7NO3S2/c8-7(12)5-3-1-2-4-6(5)13(9,10)11/h1-4H,(H2,8,12)(H,9,10,11). The Morgan fingerprint density at radius 1 is 1.38 bits per heavy atom. The van der Waals surface area contributed by atoms with Crippen LogP contribution in [0.4, 0.5) is 0 Å². The van der Waals surface area contributed by atoms with Gasteiger partial charge in [0, 0.05) is 5.56 Å². The maximum atomic E-state index is 10.8. The van der Waals surface area contributed by atoms with Crippen molar-refractivity contribution in [2.45, 2.75) is 4.90 Å². The predicted octanol–water partition coefficient (Wildman–Crippen LogP) is 0.568. The molecule has 0 saturated heterocycles. The molecule has 0 atom stereocenters. The van der Waals surface area contributed by atoms with E-state index in [9.17, 15) is 8.42 Å². The average molecular weight is 217 g/mol. The minimum Gasteiger partial charge on any atom is -0.389 e. The highest BCUT2D eigenvalue weighted by atomic mass is 32.2. The quantitative estimate of drug-likeness (QED) is 0.559. The molecule has 0 bridgehead atoms. The molecule has 3 N–H and O–H groups in total. The average Bonchev–Trinajstić information content (AvgIpc) is 2.03. The van der Waals surface area contributed by atoms with Crippen molar-refractivity contribution in [2.24, 2.45) is 5.73 Å². The summed E-state index contributed by atoms with van der Waals surface area (Å²) in [4.78, 5) is -0.323. The molecular weight excluding hydrogens is 210 g/mol. The van der Waals surface area contributed by atoms with E-state index in [1.807, 2.05) is 0 Å². The number of thiocarbonyl (C=S) groups is 1. The smallest absolute Gasteiger partial charge is 0.295 e. The molecule has 0 amide bonds. The fourth-order valence-electron chi connectivity index (χ4n) is 0.895. The second-order valence-corrected chi connectivity index (χ2v) is 4.17. The van der Waals surface area contributed by atoms with Crippen molar-refractivity contribution in [3.63, 3.8) is 0 Å². The van der Waals surface area contributed by atoms with Gasteiger partial charge in [-0.05, 0) is 6.07 Å². The third-order valence-electron chi connectivity index (χ3n) is 1.43. The zero-order valence-corrected chi connectivity index (χ0v) is 8.10. The van der Waals surface area contributed by atoms with Gasteiger partial charge in [0.05, 0.1) is 0 Å². The van der Waals surface area contributed by atoms with Crippen molar-refractivity contribution in [3.05, 3.63) is 29.8 Å². The number of benzene rings is 1. The Labute approximate surface area is 81.1 Å². The summed E-state index contributed by atoms with van der Waals surface area (Å²) in [5, 5.41) is 0. The lowest BCUT2D eigenvalue weighted by molar-refractivity contribution is 0.483. The van der Waals surface area contributed by atoms with Crippen molar-refractivity contribution in [2.75, 3.05) is 0 Å². The van der Waals surface area contributed by atoms with Gasteiger partial charge in [-0.15, -0.1) is 0 Å². The molecule has 1 aromatic carbocycles. The molecule has 0 aliphatic heterocycles. The molecule has 0 unspecified atom stereocenters. The van der Waals surface area contributed by atoms with Gasteiger partial charge >= 0.3 is 0 Å². The van der Waals surface area contributed by atoms with Gasteiger partial charge in [0.1, 0.15) is 9.88 Å². The molecule has 1 aromatic rings. The fraction of sp³-hybridized carbons (Fsp3) is 0. The number of nitrogens with two attached hydrogens (primary N) is 1. The van der Waals surface area contributed by atoms with Gasteiger partial charge < -0.3 is 5.73 Å². The van der Waals surface area contributed by atoms with Crippen LogP contribution in [0.1, 0.15) is 5.56 Å². The van der Waals surface area contributed by atoms with Gasteiger partial charge in [-0.3, -0.25) is 4.55 Å². The maximum Gasteiger partial charge on any atom is 0.295 e. The van der Waals surface area contributed by atoms with E-state index in [2.05, 4.69) is 12.2 Å². The molecule has 0 saturated carbocycles. The summed E-state index contributed by atoms with van der Waals surface area (Å²) in [5.74, 6) is 0. The number of rotatable bonds is 2. The Morgan fingerprint density at radius 2 is 1.92 bits per heavy atom. The third kappa shape index (κ3) is 2.24. The summed E-state index contributed by atoms with van der Waals surface area (Å²) in [5.41, 5.74) is 5.42. The monoisotopic (exact) mass is 217 g/mol. The van der Waals surface area contributed by atoms with Crippen LogP contribution in [0.15, 0.2) is 29.2 Å². The molecule has 0 aliphatic rings. The van der Waals surface area contributed by atoms with Gasteiger partial charge in [-0.2, -0.15) is 8.42 Å². The molecule has 0 spiro atoms. The Morgan fingerprint density at radius 3 is 2.31 bits per heavy atom. The lowest BCUT2D eigenvalue weighted by Crippen LogP contribution is -2.14. The Kier molecular flexibility index (Phi) is 2.65. The highest BCUT2D eigenvalue weighted by Gasteiger charge is 2.15. The molecule has 4 nitrogen and oxygen atoms in total. The second-order valence-electron chi connectivity index (χ2n) is 2.34. The molecule has 1 rings (SSSR count). The topological polar surface area (TPSA) is 80.4 Å². The van der Waals surface area contributed by atoms with Crippen LogP contribution in [0.3, 0.4) is 0 Å². The Balaban J connectivity index is 3.46. The van der Waals surface area contributed by atoms with Crippen LogP contribution in [0, 0.1) is 0 Å². The van der Waals surface area contributed by atoms with E-state index >= 15 is 0 Å². The predicted molar refractivity (Wildman–Crippen MR) is 52.1 cm³/mol. The minimum absolute atomic E-state index is 0.0618. The first-order valence-electron chi connectivity index (χ1n) is 3.29. The third-order valence-corrected chi connectivity index (χ3v) is 2.56. The molecular formula is C7H7NO3S2. The van der Waals surface area contributed by atoms with Crippen LogP contribution >= 0.6 is 12.2 Å². The largest absolute Gasteiger partial charge is 0.389 e. The van der Waals surface area contributed by atoms with E-state index in [-0.39, 0.29) is 15.4 Å². The summed E-state index contributed by atoms with van der Waals surface area (Å²) < 4.78 is 30.4. The first-order valence-corrected chi connectivity index (χ1v) is 5.14. The van der Waals surface area contributed by atoms with Crippen LogP contribution in [0.25, 0.3) is 0 Å². The molecule has 0 aliphatic carbocycles. The summed E-state index contributed by atoms with van der Waals surface area (Å²) in [6.07, 6.45) is 0. The Hall–Kier alpha value is -0.980. The molecule has 70 valence electrons. The van der Waals surface area contributed by atoms with Crippen molar-refractivity contribution in [1.29, 1.82) is 0 Å². The normalized spacial score (nSPS) is 11.2. The number of hydrogen-bond donors (Lipinski definition) is 2. The molecule has 6 heteroatoms. The first-order chi connectivity index (χ1) is 5.93. The van der Waals surface area contributed by atoms with Crippen LogP contribution in [0.5, 0.6) is 0 Å². The zero-order valence-electron chi connectivity index (χ0n) is 6.47. The van der Waals surface area contributed by atoms with Crippen LogP contribution in [-0.4, -0.2) is 18.0 Å². The SMILES string of the molecule is NC(=S)c1ccccc1S(=O)(=O)O. The van der Waals surface area contributed by atoms with E-state index in [0.717, 1.165) is 0 Å². The summed E-state index contributed by atoms with van der Waals surface area (Å²) >= 11 is 4.62. The summed E-state index contributed by atoms with van der Waals surface area (Å²) in [7, 11) is -4.25. The first kappa shape index (κ1) is 10.1. The van der Waals surface area contributed by atoms with Crippen molar-refractivity contribution in [3.8, 4) is 0 Å². The van der Waals surface area contributed by atoms with Gasteiger partial charge in [0.25, 0.3) is 10.1 Å². The highest BCUT2D eigenvalue weighted by molar-refractivity contribution is 7.86. The molecule has 0 aromatic heterocycles. The lowest BCUT2D eigenvalue weighted by atomic mass is 10.2. The van der Waals surface area contributed by atoms with Crippen molar-refractivity contribution >= 4 is 27.3 Å². The van der Waals surface area contributed by atoms with Crippen LogP contribution in [-0.2, 0) is 10.1 Å². The number of hydrogen-bond acceptors (Lipinski definition) is 3. The molecule has 0 heterocycles. The van der Waals surface area contributed by atoms with E-state index in [0.29, 0.717) is 0 Å². The van der Waals surface area contributed by atoms with E-state index < -0.39 is 10.1 Å². The maximum absolute atomic E-state index is 10.8. The van der Waals surface area contributed by atoms with E-state index in [1.165, 1.54) is 18.2 Å².